The summed E-state index contributed by atoms with van der Waals surface area (Å²) < 4.78 is 27.2. The minimum absolute atomic E-state index is 0.114. The van der Waals surface area contributed by atoms with Gasteiger partial charge in [0.15, 0.2) is 0 Å². The number of aryl methyl sites for hydroxylation is 1. The second-order valence-corrected chi connectivity index (χ2v) is 8.40. The molecule has 1 heterocycles. The van der Waals surface area contributed by atoms with Gasteiger partial charge in [-0.1, -0.05) is 11.6 Å². The molecule has 0 radical (unpaired) electrons. The number of sulfonamides is 1. The maximum atomic E-state index is 11.4. The van der Waals surface area contributed by atoms with Gasteiger partial charge in [0.05, 0.1) is 17.1 Å². The fourth-order valence-corrected chi connectivity index (χ4v) is 3.31. The molecular weight excluding hydrogens is 360 g/mol. The Labute approximate surface area is 154 Å². The third-order valence-electron chi connectivity index (χ3n) is 4.05. The maximum absolute atomic E-state index is 11.4. The van der Waals surface area contributed by atoms with E-state index in [0.29, 0.717) is 18.1 Å². The number of benzene rings is 1. The van der Waals surface area contributed by atoms with Gasteiger partial charge in [-0.15, -0.1) is 0 Å². The fraction of sp³-hybridized carbons (Fsp3) is 0.471. The second-order valence-electron chi connectivity index (χ2n) is 5.87. The first kappa shape index (κ1) is 19.9. The molecule has 0 unspecified atom stereocenters. The van der Waals surface area contributed by atoms with Crippen molar-refractivity contribution in [3.63, 3.8) is 0 Å². The SMILES string of the molecule is CCS(=O)(=O)NCCCNCc1c(C)nn(-c2ccc(Cl)cc2)c1C. The Morgan fingerprint density at radius 3 is 2.48 bits per heavy atom. The van der Waals surface area contributed by atoms with Gasteiger partial charge < -0.3 is 5.32 Å². The molecule has 0 saturated heterocycles. The van der Waals surface area contributed by atoms with Crippen molar-refractivity contribution in [1.29, 1.82) is 0 Å². The number of nitrogens with one attached hydrogen (secondary N) is 2. The van der Waals surface area contributed by atoms with Crippen molar-refractivity contribution in [3.8, 4) is 5.69 Å². The lowest BCUT2D eigenvalue weighted by Crippen LogP contribution is -2.28. The third kappa shape index (κ3) is 5.54. The van der Waals surface area contributed by atoms with Crippen LogP contribution in [0.25, 0.3) is 5.69 Å². The largest absolute Gasteiger partial charge is 0.312 e. The Kier molecular flexibility index (Phi) is 7.01. The van der Waals surface area contributed by atoms with Crippen LogP contribution in [0.1, 0.15) is 30.3 Å². The van der Waals surface area contributed by atoms with E-state index in [4.69, 9.17) is 11.6 Å². The first-order valence-corrected chi connectivity index (χ1v) is 10.4. The highest BCUT2D eigenvalue weighted by molar-refractivity contribution is 7.89. The van der Waals surface area contributed by atoms with Gasteiger partial charge in [0, 0.05) is 29.4 Å². The highest BCUT2D eigenvalue weighted by Gasteiger charge is 2.12. The molecule has 0 aliphatic rings. The van der Waals surface area contributed by atoms with E-state index in [0.717, 1.165) is 35.6 Å². The van der Waals surface area contributed by atoms with Gasteiger partial charge in [-0.2, -0.15) is 5.10 Å². The van der Waals surface area contributed by atoms with Crippen LogP contribution in [0.5, 0.6) is 0 Å². The number of nitrogens with zero attached hydrogens (tertiary/aromatic N) is 2. The molecule has 0 atom stereocenters. The average Bonchev–Trinajstić information content (AvgIpc) is 2.86. The van der Waals surface area contributed by atoms with Crippen LogP contribution in [0.3, 0.4) is 0 Å². The Balaban J connectivity index is 1.90. The molecule has 6 nitrogen and oxygen atoms in total. The maximum Gasteiger partial charge on any atom is 0.211 e. The van der Waals surface area contributed by atoms with E-state index in [2.05, 4.69) is 15.1 Å². The molecular formula is C17H25ClN4O2S. The van der Waals surface area contributed by atoms with E-state index < -0.39 is 10.0 Å². The van der Waals surface area contributed by atoms with E-state index in [1.54, 1.807) is 6.92 Å². The topological polar surface area (TPSA) is 76.0 Å². The molecule has 8 heteroatoms. The van der Waals surface area contributed by atoms with E-state index in [-0.39, 0.29) is 5.75 Å². The lowest BCUT2D eigenvalue weighted by Gasteiger charge is -2.08. The quantitative estimate of drug-likeness (QED) is 0.651. The predicted octanol–water partition coefficient (Wildman–Crippen LogP) is 2.56. The minimum Gasteiger partial charge on any atom is -0.312 e. The highest BCUT2D eigenvalue weighted by atomic mass is 35.5. The van der Waals surface area contributed by atoms with Crippen molar-refractivity contribution in [2.45, 2.75) is 33.7 Å². The predicted molar refractivity (Wildman–Crippen MR) is 102 cm³/mol. The standard InChI is InChI=1S/C17H25ClN4O2S/c1-4-25(23,24)20-11-5-10-19-12-17-13(2)21-22(14(17)3)16-8-6-15(18)7-9-16/h6-9,19-20H,4-5,10-12H2,1-3H3. The Morgan fingerprint density at radius 2 is 1.84 bits per heavy atom. The molecule has 25 heavy (non-hydrogen) atoms. The van der Waals surface area contributed by atoms with Crippen LogP contribution in [0.4, 0.5) is 0 Å². The van der Waals surface area contributed by atoms with Crippen molar-refractivity contribution < 1.29 is 8.42 Å². The Hall–Kier alpha value is -1.41. The summed E-state index contributed by atoms with van der Waals surface area (Å²) in [5.74, 6) is 0.114. The number of rotatable bonds is 9. The molecule has 138 valence electrons. The molecule has 2 rings (SSSR count). The van der Waals surface area contributed by atoms with Crippen LogP contribution in [0, 0.1) is 13.8 Å². The summed E-state index contributed by atoms with van der Waals surface area (Å²) in [5, 5.41) is 8.66. The fourth-order valence-electron chi connectivity index (χ4n) is 2.52. The van der Waals surface area contributed by atoms with Crippen LogP contribution in [0.2, 0.25) is 5.02 Å². The molecule has 0 amide bonds. The molecule has 0 aliphatic heterocycles. The van der Waals surface area contributed by atoms with Crippen molar-refractivity contribution in [2.24, 2.45) is 0 Å². The van der Waals surface area contributed by atoms with E-state index in [1.165, 1.54) is 0 Å². The third-order valence-corrected chi connectivity index (χ3v) is 5.70. The van der Waals surface area contributed by atoms with E-state index in [1.807, 2.05) is 42.8 Å². The van der Waals surface area contributed by atoms with E-state index in [9.17, 15) is 8.42 Å². The lowest BCUT2D eigenvalue weighted by molar-refractivity contribution is 0.574. The normalized spacial score (nSPS) is 11.8. The summed E-state index contributed by atoms with van der Waals surface area (Å²) in [6, 6.07) is 7.59. The summed E-state index contributed by atoms with van der Waals surface area (Å²) in [7, 11) is -3.10. The monoisotopic (exact) mass is 384 g/mol. The number of hydrogen-bond donors (Lipinski definition) is 2. The van der Waals surface area contributed by atoms with Crippen molar-refractivity contribution in [1.82, 2.24) is 19.8 Å². The highest BCUT2D eigenvalue weighted by Crippen LogP contribution is 2.19. The van der Waals surface area contributed by atoms with Gasteiger partial charge in [0.2, 0.25) is 10.0 Å². The zero-order valence-corrected chi connectivity index (χ0v) is 16.4. The molecule has 0 spiro atoms. The molecule has 2 aromatic rings. The molecule has 0 fully saturated rings. The summed E-state index contributed by atoms with van der Waals surface area (Å²) in [4.78, 5) is 0. The zero-order chi connectivity index (χ0) is 18.4. The van der Waals surface area contributed by atoms with Crippen LogP contribution in [-0.2, 0) is 16.6 Å². The van der Waals surface area contributed by atoms with Gasteiger partial charge in [-0.05, 0) is 58.0 Å². The van der Waals surface area contributed by atoms with Crippen LogP contribution in [0.15, 0.2) is 24.3 Å². The van der Waals surface area contributed by atoms with Crippen molar-refractivity contribution in [2.75, 3.05) is 18.8 Å². The van der Waals surface area contributed by atoms with E-state index >= 15 is 0 Å². The van der Waals surface area contributed by atoms with Gasteiger partial charge in [0.25, 0.3) is 0 Å². The van der Waals surface area contributed by atoms with Crippen LogP contribution >= 0.6 is 11.6 Å². The summed E-state index contributed by atoms with van der Waals surface area (Å²) in [6.07, 6.45) is 0.739. The summed E-state index contributed by atoms with van der Waals surface area (Å²) in [6.45, 7) is 7.55. The molecule has 1 aromatic heterocycles. The first-order valence-electron chi connectivity index (χ1n) is 8.33. The van der Waals surface area contributed by atoms with Crippen LogP contribution in [-0.4, -0.2) is 37.0 Å². The number of hydrogen-bond acceptors (Lipinski definition) is 4. The summed E-state index contributed by atoms with van der Waals surface area (Å²) in [5.41, 5.74) is 4.19. The van der Waals surface area contributed by atoms with Crippen molar-refractivity contribution >= 4 is 21.6 Å². The second kappa shape index (κ2) is 8.80. The van der Waals surface area contributed by atoms with Gasteiger partial charge in [-0.3, -0.25) is 0 Å². The minimum atomic E-state index is -3.10. The smallest absolute Gasteiger partial charge is 0.211 e. The first-order chi connectivity index (χ1) is 11.8. The molecule has 2 N–H and O–H groups in total. The van der Waals surface area contributed by atoms with Crippen LogP contribution < -0.4 is 10.0 Å². The zero-order valence-electron chi connectivity index (χ0n) is 14.8. The molecule has 1 aromatic carbocycles. The van der Waals surface area contributed by atoms with Gasteiger partial charge in [-0.25, -0.2) is 17.8 Å². The Bertz CT molecular complexity index is 801. The average molecular weight is 385 g/mol. The summed E-state index contributed by atoms with van der Waals surface area (Å²) >= 11 is 5.94. The van der Waals surface area contributed by atoms with Gasteiger partial charge >= 0.3 is 0 Å². The Morgan fingerprint density at radius 1 is 1.16 bits per heavy atom. The molecule has 0 bridgehead atoms. The molecule has 0 aliphatic carbocycles. The number of aromatic nitrogens is 2. The lowest BCUT2D eigenvalue weighted by atomic mass is 10.2. The molecule has 0 saturated carbocycles. The van der Waals surface area contributed by atoms with Crippen molar-refractivity contribution in [3.05, 3.63) is 46.2 Å². The number of halogens is 1. The van der Waals surface area contributed by atoms with Gasteiger partial charge in [0.1, 0.15) is 0 Å².